The molecule has 1 amide bonds. The molecule has 2 aromatic heterocycles. The Morgan fingerprint density at radius 3 is 2.58 bits per heavy atom. The molecule has 1 aromatic carbocycles. The number of imidazole rings is 1. The van der Waals surface area contributed by atoms with Crippen molar-refractivity contribution in [1.29, 1.82) is 0 Å². The van der Waals surface area contributed by atoms with Gasteiger partial charge in [-0.2, -0.15) is 9.97 Å². The summed E-state index contributed by atoms with van der Waals surface area (Å²) in [5.74, 6) is -0.501. The van der Waals surface area contributed by atoms with Crippen molar-refractivity contribution in [2.24, 2.45) is 0 Å². The molecule has 4 rings (SSSR count). The number of fused-ring (bicyclic) bond motifs is 1. The summed E-state index contributed by atoms with van der Waals surface area (Å²) in [5.41, 5.74) is -0.894. The molecule has 0 spiro atoms. The van der Waals surface area contributed by atoms with Crippen LogP contribution in [0.2, 0.25) is 5.02 Å². The fourth-order valence-electron chi connectivity index (χ4n) is 4.77. The van der Waals surface area contributed by atoms with Gasteiger partial charge in [-0.15, -0.1) is 0 Å². The van der Waals surface area contributed by atoms with Crippen LogP contribution in [0.25, 0.3) is 11.2 Å². The zero-order chi connectivity index (χ0) is 31.5. The molecular weight excluding hydrogens is 600 g/mol. The number of aromatic nitrogens is 4. The number of esters is 1. The molecule has 43 heavy (non-hydrogen) atoms. The van der Waals surface area contributed by atoms with Gasteiger partial charge in [-0.3, -0.25) is 18.7 Å². The van der Waals surface area contributed by atoms with E-state index in [0.29, 0.717) is 42.5 Å². The average molecular weight is 635 g/mol. The Balaban J connectivity index is 1.84. The van der Waals surface area contributed by atoms with Gasteiger partial charge in [-0.25, -0.2) is 13.2 Å². The van der Waals surface area contributed by atoms with Crippen molar-refractivity contribution in [3.8, 4) is 0 Å². The lowest BCUT2D eigenvalue weighted by molar-refractivity contribution is -0.143. The summed E-state index contributed by atoms with van der Waals surface area (Å²) in [4.78, 5) is 49.7. The summed E-state index contributed by atoms with van der Waals surface area (Å²) in [6.45, 7) is 9.00. The molecule has 0 saturated carbocycles. The third kappa shape index (κ3) is 7.73. The first-order valence-corrected chi connectivity index (χ1v) is 15.9. The number of benzene rings is 1. The molecule has 0 bridgehead atoms. The number of nitrogens with one attached hydrogen (secondary N) is 1. The number of anilines is 1. The zero-order valence-corrected chi connectivity index (χ0v) is 26.1. The Morgan fingerprint density at radius 1 is 1.21 bits per heavy atom. The van der Waals surface area contributed by atoms with E-state index >= 15 is 0 Å². The number of carbonyl (C=O) groups excluding carboxylic acids is 2. The van der Waals surface area contributed by atoms with Crippen LogP contribution in [0, 0.1) is 0 Å². The zero-order valence-electron chi connectivity index (χ0n) is 24.5. The van der Waals surface area contributed by atoms with E-state index in [9.17, 15) is 22.8 Å². The minimum absolute atomic E-state index is 0.0129. The van der Waals surface area contributed by atoms with Crippen LogP contribution in [0.5, 0.6) is 0 Å². The Morgan fingerprint density at radius 2 is 1.93 bits per heavy atom. The van der Waals surface area contributed by atoms with Crippen molar-refractivity contribution in [1.82, 2.24) is 24.4 Å². The number of hydrogen-bond donors (Lipinski definition) is 1. The normalized spacial score (nSPS) is 15.7. The van der Waals surface area contributed by atoms with Gasteiger partial charge in [0, 0.05) is 30.4 Å². The summed E-state index contributed by atoms with van der Waals surface area (Å²) in [5, 5.41) is 2.73. The lowest BCUT2D eigenvalue weighted by Crippen LogP contribution is -2.49. The van der Waals surface area contributed by atoms with Crippen LogP contribution < -0.4 is 15.8 Å². The Labute approximate surface area is 254 Å². The fraction of sp³-hybridized carbons (Fsp3) is 0.464. The topological polar surface area (TPSA) is 155 Å². The largest absolute Gasteiger partial charge is 0.460 e. The first-order valence-electron chi connectivity index (χ1n) is 13.6. The number of rotatable bonds is 9. The van der Waals surface area contributed by atoms with Crippen molar-refractivity contribution in [3.63, 3.8) is 0 Å². The summed E-state index contributed by atoms with van der Waals surface area (Å²) in [6, 6.07) is 6.80. The molecule has 15 heteroatoms. The average Bonchev–Trinajstić information content (AvgIpc) is 3.27. The molecule has 1 saturated heterocycles. The van der Waals surface area contributed by atoms with Crippen molar-refractivity contribution in [2.75, 3.05) is 30.9 Å². The first kappa shape index (κ1) is 32.0. The van der Waals surface area contributed by atoms with Crippen LogP contribution in [0.1, 0.15) is 39.2 Å². The van der Waals surface area contributed by atoms with E-state index in [4.69, 9.17) is 21.1 Å². The number of carbonyl (C=O) groups is 2. The number of nitrogens with zero attached hydrogens (tertiary/aromatic N) is 5. The number of ether oxygens (including phenoxy) is 2. The van der Waals surface area contributed by atoms with E-state index in [2.05, 4.69) is 21.9 Å². The molecule has 0 radical (unpaired) electrons. The molecule has 1 atom stereocenters. The molecule has 3 aromatic rings. The smallest absolute Gasteiger partial charge is 0.407 e. The van der Waals surface area contributed by atoms with Crippen LogP contribution in [0.4, 0.5) is 10.7 Å². The van der Waals surface area contributed by atoms with E-state index in [1.165, 1.54) is 6.08 Å². The summed E-state index contributed by atoms with van der Waals surface area (Å²) < 4.78 is 38.2. The maximum absolute atomic E-state index is 14.0. The first-order chi connectivity index (χ1) is 20.2. The van der Waals surface area contributed by atoms with Gasteiger partial charge >= 0.3 is 12.1 Å². The lowest BCUT2D eigenvalue weighted by Gasteiger charge is -2.34. The van der Waals surface area contributed by atoms with Gasteiger partial charge in [-0.1, -0.05) is 42.5 Å². The number of alkyl carbamates (subject to hydrolysis) is 1. The van der Waals surface area contributed by atoms with Crippen molar-refractivity contribution < 1.29 is 27.5 Å². The highest BCUT2D eigenvalue weighted by atomic mass is 35.5. The predicted molar refractivity (Wildman–Crippen MR) is 161 cm³/mol. The van der Waals surface area contributed by atoms with Gasteiger partial charge in [-0.05, 0) is 45.2 Å². The molecule has 1 fully saturated rings. The maximum Gasteiger partial charge on any atom is 0.407 e. The third-order valence-corrected chi connectivity index (χ3v) is 7.85. The third-order valence-electron chi connectivity index (χ3n) is 6.50. The number of sulfone groups is 1. The molecule has 1 N–H and O–H groups in total. The Bertz CT molecular complexity index is 1710. The lowest BCUT2D eigenvalue weighted by atomic mass is 10.1. The summed E-state index contributed by atoms with van der Waals surface area (Å²) in [7, 11) is -4.07. The molecule has 1 aliphatic rings. The van der Waals surface area contributed by atoms with Crippen molar-refractivity contribution >= 4 is 50.6 Å². The number of hydrogen-bond acceptors (Lipinski definition) is 10. The van der Waals surface area contributed by atoms with E-state index in [1.807, 2.05) is 4.90 Å². The number of piperidine rings is 1. The van der Waals surface area contributed by atoms with Gasteiger partial charge < -0.3 is 19.7 Å². The molecule has 1 aliphatic heterocycles. The van der Waals surface area contributed by atoms with Crippen molar-refractivity contribution in [3.05, 3.63) is 57.9 Å². The number of amides is 1. The molecule has 13 nitrogen and oxygen atoms in total. The monoisotopic (exact) mass is 634 g/mol. The van der Waals surface area contributed by atoms with E-state index < -0.39 is 44.8 Å². The standard InChI is InChI=1S/C28H35ClN6O7S/c1-6-14-41-21(36)17-35-24(37)22-23(32-26(35)43(5,39)40)31-25(34(22)15-18-10-7-8-12-20(18)29)33-13-9-11-19(16-33)30-27(38)42-28(2,3)4/h6-8,10,12,19H,1,9,11,13-17H2,2-5H3,(H,30,38)/t19-/m1/s1. The second-order valence-corrected chi connectivity index (χ2v) is 13.5. The second kappa shape index (κ2) is 12.8. The number of halogens is 1. The molecule has 232 valence electrons. The highest BCUT2D eigenvalue weighted by Gasteiger charge is 2.31. The van der Waals surface area contributed by atoms with Gasteiger partial charge in [0.1, 0.15) is 18.8 Å². The minimum atomic E-state index is -4.07. The minimum Gasteiger partial charge on any atom is -0.460 e. The Kier molecular flexibility index (Phi) is 9.50. The predicted octanol–water partition coefficient (Wildman–Crippen LogP) is 2.92. The molecule has 3 heterocycles. The van der Waals surface area contributed by atoms with Crippen LogP contribution in [0.3, 0.4) is 0 Å². The molecule has 0 unspecified atom stereocenters. The van der Waals surface area contributed by atoms with Crippen LogP contribution in [-0.2, 0) is 37.2 Å². The van der Waals surface area contributed by atoms with E-state index in [-0.39, 0.29) is 30.4 Å². The highest BCUT2D eigenvalue weighted by molar-refractivity contribution is 7.90. The van der Waals surface area contributed by atoms with Crippen LogP contribution >= 0.6 is 11.6 Å². The molecular formula is C28H35ClN6O7S. The van der Waals surface area contributed by atoms with E-state index in [1.54, 1.807) is 49.6 Å². The van der Waals surface area contributed by atoms with E-state index in [0.717, 1.165) is 10.8 Å². The SMILES string of the molecule is C=CCOC(=O)Cn1c(S(C)(=O)=O)nc2nc(N3CCC[C@@H](NC(=O)OC(C)(C)C)C3)n(Cc3ccccc3Cl)c2c1=O. The van der Waals surface area contributed by atoms with Gasteiger partial charge in [0.25, 0.3) is 5.56 Å². The van der Waals surface area contributed by atoms with Gasteiger partial charge in [0.05, 0.1) is 6.54 Å². The van der Waals surface area contributed by atoms with Crippen molar-refractivity contribution in [2.45, 2.75) is 63.5 Å². The Hall–Kier alpha value is -3.91. The summed E-state index contributed by atoms with van der Waals surface area (Å²) >= 11 is 6.48. The fourth-order valence-corrected chi connectivity index (χ4v) is 5.77. The maximum atomic E-state index is 14.0. The second-order valence-electron chi connectivity index (χ2n) is 11.2. The molecule has 0 aliphatic carbocycles. The van der Waals surface area contributed by atoms with Crippen LogP contribution in [0.15, 0.2) is 46.9 Å². The van der Waals surface area contributed by atoms with Crippen LogP contribution in [-0.4, -0.2) is 77.2 Å². The summed E-state index contributed by atoms with van der Waals surface area (Å²) in [6.07, 6.45) is 3.09. The van der Waals surface area contributed by atoms with Gasteiger partial charge in [0.2, 0.25) is 20.9 Å². The van der Waals surface area contributed by atoms with Gasteiger partial charge in [0.15, 0.2) is 11.2 Å². The quantitative estimate of drug-likeness (QED) is 0.211. The highest BCUT2D eigenvalue weighted by Crippen LogP contribution is 2.27.